The Morgan fingerprint density at radius 2 is 1.95 bits per heavy atom. The Labute approximate surface area is 120 Å². The molecule has 4 nitrogen and oxygen atoms in total. The molecule has 0 aromatic heterocycles. The van der Waals surface area contributed by atoms with E-state index in [9.17, 15) is 9.59 Å². The van der Waals surface area contributed by atoms with Crippen LogP contribution < -0.4 is 5.32 Å². The van der Waals surface area contributed by atoms with Crippen LogP contribution in [0, 0.1) is 24.2 Å². The van der Waals surface area contributed by atoms with Crippen molar-refractivity contribution in [1.29, 1.82) is 0 Å². The molecule has 1 fully saturated rings. The van der Waals surface area contributed by atoms with Gasteiger partial charge in [0.1, 0.15) is 0 Å². The molecule has 1 aromatic rings. The van der Waals surface area contributed by atoms with Crippen molar-refractivity contribution in [3.8, 4) is 0 Å². The minimum Gasteiger partial charge on any atom is -0.481 e. The van der Waals surface area contributed by atoms with Crippen molar-refractivity contribution in [2.45, 2.75) is 20.8 Å². The summed E-state index contributed by atoms with van der Waals surface area (Å²) in [5, 5.41) is 11.9. The highest BCUT2D eigenvalue weighted by Gasteiger charge is 2.65. The summed E-state index contributed by atoms with van der Waals surface area (Å²) in [6.45, 7) is 5.55. The Morgan fingerprint density at radius 1 is 1.32 bits per heavy atom. The predicted octanol–water partition coefficient (Wildman–Crippen LogP) is 3.05. The summed E-state index contributed by atoms with van der Waals surface area (Å²) >= 11 is 3.42. The SMILES string of the molecule is Cc1cccc(NC(=O)C2C(C(=O)O)C2(C)C)c1Br. The van der Waals surface area contributed by atoms with Crippen LogP contribution >= 0.6 is 15.9 Å². The van der Waals surface area contributed by atoms with Gasteiger partial charge in [0.25, 0.3) is 0 Å². The van der Waals surface area contributed by atoms with E-state index in [1.165, 1.54) is 0 Å². The highest BCUT2D eigenvalue weighted by molar-refractivity contribution is 9.10. The normalized spacial score (nSPS) is 23.8. The van der Waals surface area contributed by atoms with Gasteiger partial charge in [-0.3, -0.25) is 9.59 Å². The first kappa shape index (κ1) is 14.1. The molecule has 2 atom stereocenters. The molecule has 0 heterocycles. The molecule has 2 unspecified atom stereocenters. The number of rotatable bonds is 3. The molecule has 5 heteroatoms. The van der Waals surface area contributed by atoms with Crippen LogP contribution in [0.1, 0.15) is 19.4 Å². The Kier molecular flexibility index (Phi) is 3.43. The van der Waals surface area contributed by atoms with Crippen molar-refractivity contribution in [1.82, 2.24) is 0 Å². The summed E-state index contributed by atoms with van der Waals surface area (Å²) < 4.78 is 0.827. The second-order valence-electron chi connectivity index (χ2n) is 5.54. The number of hydrogen-bond donors (Lipinski definition) is 2. The number of aliphatic carboxylic acids is 1. The van der Waals surface area contributed by atoms with Crippen LogP contribution in [0.15, 0.2) is 22.7 Å². The van der Waals surface area contributed by atoms with E-state index in [4.69, 9.17) is 5.11 Å². The first-order valence-corrected chi connectivity index (χ1v) is 6.85. The van der Waals surface area contributed by atoms with Crippen molar-refractivity contribution in [3.05, 3.63) is 28.2 Å². The summed E-state index contributed by atoms with van der Waals surface area (Å²) in [4.78, 5) is 23.2. The molecule has 1 amide bonds. The minimum atomic E-state index is -0.909. The summed E-state index contributed by atoms with van der Waals surface area (Å²) in [6.07, 6.45) is 0. The lowest BCUT2D eigenvalue weighted by molar-refractivity contribution is -0.140. The molecule has 1 aliphatic rings. The van der Waals surface area contributed by atoms with Gasteiger partial charge in [0.05, 0.1) is 17.5 Å². The molecule has 102 valence electrons. The number of carbonyl (C=O) groups excluding carboxylic acids is 1. The third kappa shape index (κ3) is 2.39. The number of benzene rings is 1. The lowest BCUT2D eigenvalue weighted by Gasteiger charge is -2.09. The van der Waals surface area contributed by atoms with Crippen LogP contribution in [0.4, 0.5) is 5.69 Å². The minimum absolute atomic E-state index is 0.233. The van der Waals surface area contributed by atoms with Crippen molar-refractivity contribution in [2.24, 2.45) is 17.3 Å². The molecule has 1 saturated carbocycles. The van der Waals surface area contributed by atoms with Crippen LogP contribution in [0.25, 0.3) is 0 Å². The molecular formula is C14H16BrNO3. The fourth-order valence-electron chi connectivity index (χ4n) is 2.54. The van der Waals surface area contributed by atoms with Crippen molar-refractivity contribution < 1.29 is 14.7 Å². The van der Waals surface area contributed by atoms with E-state index in [-0.39, 0.29) is 5.91 Å². The number of carboxylic acid groups (broad SMARTS) is 1. The number of anilines is 1. The lowest BCUT2D eigenvalue weighted by atomic mass is 10.1. The summed E-state index contributed by atoms with van der Waals surface area (Å²) in [6, 6.07) is 5.57. The summed E-state index contributed by atoms with van der Waals surface area (Å²) in [5.41, 5.74) is 1.21. The third-order valence-corrected chi connectivity index (χ3v) is 4.88. The molecule has 0 spiro atoms. The van der Waals surface area contributed by atoms with Gasteiger partial charge in [-0.05, 0) is 39.9 Å². The van der Waals surface area contributed by atoms with Gasteiger partial charge < -0.3 is 10.4 Å². The van der Waals surface area contributed by atoms with Crippen molar-refractivity contribution in [2.75, 3.05) is 5.32 Å². The van der Waals surface area contributed by atoms with Crippen LogP contribution in [-0.2, 0) is 9.59 Å². The zero-order chi connectivity index (χ0) is 14.4. The van der Waals surface area contributed by atoms with Gasteiger partial charge in [0.2, 0.25) is 5.91 Å². The number of carbonyl (C=O) groups is 2. The number of hydrogen-bond acceptors (Lipinski definition) is 2. The van der Waals surface area contributed by atoms with Crippen LogP contribution in [-0.4, -0.2) is 17.0 Å². The van der Waals surface area contributed by atoms with E-state index < -0.39 is 23.2 Å². The Morgan fingerprint density at radius 3 is 2.47 bits per heavy atom. The molecule has 19 heavy (non-hydrogen) atoms. The molecule has 1 aliphatic carbocycles. The molecule has 2 rings (SSSR count). The fourth-order valence-corrected chi connectivity index (χ4v) is 2.91. The molecule has 0 saturated heterocycles. The molecule has 0 bridgehead atoms. The van der Waals surface area contributed by atoms with Crippen LogP contribution in [0.2, 0.25) is 0 Å². The smallest absolute Gasteiger partial charge is 0.307 e. The number of carboxylic acids is 1. The van der Waals surface area contributed by atoms with Gasteiger partial charge in [-0.2, -0.15) is 0 Å². The predicted molar refractivity (Wildman–Crippen MR) is 75.9 cm³/mol. The molecule has 2 N–H and O–H groups in total. The average molecular weight is 326 g/mol. The Hall–Kier alpha value is -1.36. The topological polar surface area (TPSA) is 66.4 Å². The Bertz CT molecular complexity index is 554. The maximum Gasteiger partial charge on any atom is 0.307 e. The monoisotopic (exact) mass is 325 g/mol. The third-order valence-electron chi connectivity index (χ3n) is 3.83. The largest absolute Gasteiger partial charge is 0.481 e. The molecule has 0 aliphatic heterocycles. The van der Waals surface area contributed by atoms with Gasteiger partial charge in [-0.1, -0.05) is 26.0 Å². The van der Waals surface area contributed by atoms with Gasteiger partial charge in [-0.15, -0.1) is 0 Å². The zero-order valence-electron chi connectivity index (χ0n) is 11.0. The second kappa shape index (κ2) is 4.63. The standard InChI is InChI=1S/C14H16BrNO3/c1-7-5-4-6-8(11(7)15)16-12(17)9-10(13(18)19)14(9,2)3/h4-6,9-10H,1-3H3,(H,16,17)(H,18,19). The van der Waals surface area contributed by atoms with Gasteiger partial charge in [0.15, 0.2) is 0 Å². The van der Waals surface area contributed by atoms with Gasteiger partial charge in [0, 0.05) is 4.47 Å². The maximum atomic E-state index is 12.2. The van der Waals surface area contributed by atoms with Crippen LogP contribution in [0.3, 0.4) is 0 Å². The molecule has 1 aromatic carbocycles. The maximum absolute atomic E-state index is 12.2. The van der Waals surface area contributed by atoms with E-state index in [0.717, 1.165) is 10.0 Å². The van der Waals surface area contributed by atoms with E-state index in [1.807, 2.05) is 19.1 Å². The number of halogens is 1. The first-order valence-electron chi connectivity index (χ1n) is 6.05. The van der Waals surface area contributed by atoms with Gasteiger partial charge in [-0.25, -0.2) is 0 Å². The zero-order valence-corrected chi connectivity index (χ0v) is 12.6. The van der Waals surface area contributed by atoms with Crippen LogP contribution in [0.5, 0.6) is 0 Å². The number of aryl methyl sites for hydroxylation is 1. The Balaban J connectivity index is 2.15. The highest BCUT2D eigenvalue weighted by atomic mass is 79.9. The van der Waals surface area contributed by atoms with E-state index in [2.05, 4.69) is 21.2 Å². The van der Waals surface area contributed by atoms with Crippen molar-refractivity contribution in [3.63, 3.8) is 0 Å². The van der Waals surface area contributed by atoms with Gasteiger partial charge >= 0.3 is 5.97 Å². The summed E-state index contributed by atoms with van der Waals surface area (Å²) in [7, 11) is 0. The summed E-state index contributed by atoms with van der Waals surface area (Å²) in [5.74, 6) is -2.22. The molecular weight excluding hydrogens is 310 g/mol. The molecule has 0 radical (unpaired) electrons. The lowest BCUT2D eigenvalue weighted by Crippen LogP contribution is -2.18. The average Bonchev–Trinajstić information content (AvgIpc) is 2.88. The van der Waals surface area contributed by atoms with E-state index >= 15 is 0 Å². The second-order valence-corrected chi connectivity index (χ2v) is 6.33. The van der Waals surface area contributed by atoms with Crippen molar-refractivity contribution >= 4 is 33.5 Å². The number of amides is 1. The van der Waals surface area contributed by atoms with E-state index in [1.54, 1.807) is 19.9 Å². The fraction of sp³-hybridized carbons (Fsp3) is 0.429. The quantitative estimate of drug-likeness (QED) is 0.897. The van der Waals surface area contributed by atoms with E-state index in [0.29, 0.717) is 5.69 Å². The first-order chi connectivity index (χ1) is 8.76. The number of nitrogens with one attached hydrogen (secondary N) is 1. The highest BCUT2D eigenvalue weighted by Crippen LogP contribution is 2.58.